The van der Waals surface area contributed by atoms with E-state index in [0.29, 0.717) is 17.0 Å². The van der Waals surface area contributed by atoms with Crippen LogP contribution in [0.1, 0.15) is 30.6 Å². The summed E-state index contributed by atoms with van der Waals surface area (Å²) in [5, 5.41) is 2.73. The normalized spacial score (nSPS) is 10.9. The van der Waals surface area contributed by atoms with Gasteiger partial charge in [-0.25, -0.2) is 0 Å². The van der Waals surface area contributed by atoms with Crippen molar-refractivity contribution in [3.05, 3.63) is 23.8 Å². The fourth-order valence-electron chi connectivity index (χ4n) is 1.82. The van der Waals surface area contributed by atoms with Gasteiger partial charge in [-0.05, 0) is 26.0 Å². The molecule has 1 rings (SSSR count). The molecule has 0 aliphatic carbocycles. The Morgan fingerprint density at radius 3 is 2.53 bits per heavy atom. The van der Waals surface area contributed by atoms with Crippen molar-refractivity contribution >= 4 is 17.5 Å². The largest absolute Gasteiger partial charge is 0.494 e. The van der Waals surface area contributed by atoms with E-state index in [4.69, 9.17) is 16.2 Å². The van der Waals surface area contributed by atoms with Gasteiger partial charge >= 0.3 is 0 Å². The first-order valence-electron chi connectivity index (χ1n) is 5.80. The summed E-state index contributed by atoms with van der Waals surface area (Å²) in [6.45, 7) is 3.43. The highest BCUT2D eigenvalue weighted by Gasteiger charge is 2.25. The molecule has 5 N–H and O–H groups in total. The van der Waals surface area contributed by atoms with Crippen molar-refractivity contribution < 1.29 is 14.3 Å². The number of nitrogen functional groups attached to an aromatic ring is 1. The zero-order valence-electron chi connectivity index (χ0n) is 11.3. The van der Waals surface area contributed by atoms with Gasteiger partial charge in [0.05, 0.1) is 18.4 Å². The number of hydrogen-bond acceptors (Lipinski definition) is 4. The molecule has 0 spiro atoms. The third-order valence-corrected chi connectivity index (χ3v) is 2.56. The van der Waals surface area contributed by atoms with Crippen LogP contribution in [0.15, 0.2) is 18.2 Å². The molecule has 0 saturated carbocycles. The lowest BCUT2D eigenvalue weighted by atomic mass is 9.99. The molecule has 0 aliphatic rings. The van der Waals surface area contributed by atoms with Crippen molar-refractivity contribution in [1.82, 2.24) is 5.32 Å². The molecular formula is C13H19N3O3. The number of carbonyl (C=O) groups excluding carboxylic acids is 2. The summed E-state index contributed by atoms with van der Waals surface area (Å²) in [5.74, 6) is -0.532. The molecule has 1 aromatic carbocycles. The van der Waals surface area contributed by atoms with Crippen LogP contribution in [0.2, 0.25) is 0 Å². The SMILES string of the molecule is COc1c(N)cccc1C(=O)NC(C)(C)CC(N)=O. The van der Waals surface area contributed by atoms with Crippen molar-refractivity contribution in [2.75, 3.05) is 12.8 Å². The number of methoxy groups -OCH3 is 1. The summed E-state index contributed by atoms with van der Waals surface area (Å²) in [4.78, 5) is 23.1. The van der Waals surface area contributed by atoms with Crippen molar-refractivity contribution in [2.45, 2.75) is 25.8 Å². The van der Waals surface area contributed by atoms with Crippen molar-refractivity contribution in [3.63, 3.8) is 0 Å². The van der Waals surface area contributed by atoms with Gasteiger partial charge in [-0.1, -0.05) is 6.07 Å². The monoisotopic (exact) mass is 265 g/mol. The average molecular weight is 265 g/mol. The second-order valence-electron chi connectivity index (χ2n) is 4.91. The maximum Gasteiger partial charge on any atom is 0.255 e. The average Bonchev–Trinajstić information content (AvgIpc) is 2.25. The topological polar surface area (TPSA) is 107 Å². The number of para-hydroxylation sites is 1. The smallest absolute Gasteiger partial charge is 0.255 e. The molecule has 0 unspecified atom stereocenters. The predicted molar refractivity (Wildman–Crippen MR) is 72.8 cm³/mol. The summed E-state index contributed by atoms with van der Waals surface area (Å²) in [6.07, 6.45) is 0.0450. The number of anilines is 1. The van der Waals surface area contributed by atoms with Gasteiger partial charge < -0.3 is 21.5 Å². The van der Waals surface area contributed by atoms with Crippen LogP contribution >= 0.6 is 0 Å². The lowest BCUT2D eigenvalue weighted by Gasteiger charge is -2.25. The van der Waals surface area contributed by atoms with Gasteiger partial charge in [-0.15, -0.1) is 0 Å². The molecule has 6 heteroatoms. The van der Waals surface area contributed by atoms with Gasteiger partial charge in [0.15, 0.2) is 5.75 Å². The summed E-state index contributed by atoms with van der Waals surface area (Å²) in [7, 11) is 1.44. The lowest BCUT2D eigenvalue weighted by molar-refractivity contribution is -0.119. The number of hydrogen-bond donors (Lipinski definition) is 3. The number of benzene rings is 1. The summed E-state index contributed by atoms with van der Waals surface area (Å²) in [5.41, 5.74) is 10.8. The Balaban J connectivity index is 2.96. The van der Waals surface area contributed by atoms with E-state index in [1.807, 2.05) is 0 Å². The highest BCUT2D eigenvalue weighted by Crippen LogP contribution is 2.26. The summed E-state index contributed by atoms with van der Waals surface area (Å²) >= 11 is 0. The quantitative estimate of drug-likeness (QED) is 0.680. The Hall–Kier alpha value is -2.24. The third kappa shape index (κ3) is 3.87. The van der Waals surface area contributed by atoms with Gasteiger partial charge in [0.2, 0.25) is 5.91 Å². The minimum atomic E-state index is -0.738. The second-order valence-corrected chi connectivity index (χ2v) is 4.91. The molecule has 0 atom stereocenters. The predicted octanol–water partition coefficient (Wildman–Crippen LogP) is 0.661. The number of nitrogens with one attached hydrogen (secondary N) is 1. The number of primary amides is 1. The maximum atomic E-state index is 12.2. The highest BCUT2D eigenvalue weighted by atomic mass is 16.5. The Kier molecular flexibility index (Phi) is 4.37. The molecule has 0 saturated heterocycles. The Morgan fingerprint density at radius 1 is 1.37 bits per heavy atom. The van der Waals surface area contributed by atoms with Gasteiger partial charge in [-0.2, -0.15) is 0 Å². The molecular weight excluding hydrogens is 246 g/mol. The van der Waals surface area contributed by atoms with Gasteiger partial charge in [-0.3, -0.25) is 9.59 Å². The van der Waals surface area contributed by atoms with Crippen molar-refractivity contribution in [3.8, 4) is 5.75 Å². The van der Waals surface area contributed by atoms with E-state index in [0.717, 1.165) is 0 Å². The number of nitrogens with two attached hydrogens (primary N) is 2. The summed E-state index contributed by atoms with van der Waals surface area (Å²) < 4.78 is 5.12. The molecule has 2 amide bonds. The van der Waals surface area contributed by atoms with E-state index in [1.165, 1.54) is 7.11 Å². The van der Waals surface area contributed by atoms with Crippen LogP contribution in [0.4, 0.5) is 5.69 Å². The molecule has 0 heterocycles. The third-order valence-electron chi connectivity index (χ3n) is 2.56. The van der Waals surface area contributed by atoms with E-state index in [-0.39, 0.29) is 12.3 Å². The lowest BCUT2D eigenvalue weighted by Crippen LogP contribution is -2.46. The Labute approximate surface area is 112 Å². The first-order valence-corrected chi connectivity index (χ1v) is 5.80. The molecule has 0 aromatic heterocycles. The molecule has 6 nitrogen and oxygen atoms in total. The zero-order chi connectivity index (χ0) is 14.6. The van der Waals surface area contributed by atoms with E-state index in [1.54, 1.807) is 32.0 Å². The molecule has 1 aromatic rings. The molecule has 0 bridgehead atoms. The highest BCUT2D eigenvalue weighted by molar-refractivity contribution is 5.99. The number of ether oxygens (including phenoxy) is 1. The van der Waals surface area contributed by atoms with E-state index in [9.17, 15) is 9.59 Å². The molecule has 0 fully saturated rings. The first kappa shape index (κ1) is 14.8. The number of carbonyl (C=O) groups is 2. The van der Waals surface area contributed by atoms with E-state index < -0.39 is 11.4 Å². The molecule has 0 aliphatic heterocycles. The van der Waals surface area contributed by atoms with Gasteiger partial charge in [0, 0.05) is 12.0 Å². The van der Waals surface area contributed by atoms with Crippen LogP contribution in [0.25, 0.3) is 0 Å². The fraction of sp³-hybridized carbons (Fsp3) is 0.385. The van der Waals surface area contributed by atoms with Crippen LogP contribution < -0.4 is 21.5 Å². The molecule has 19 heavy (non-hydrogen) atoms. The minimum Gasteiger partial charge on any atom is -0.494 e. The van der Waals surface area contributed by atoms with E-state index >= 15 is 0 Å². The van der Waals surface area contributed by atoms with Crippen molar-refractivity contribution in [1.29, 1.82) is 0 Å². The first-order chi connectivity index (χ1) is 8.76. The molecule has 0 radical (unpaired) electrons. The standard InChI is InChI=1S/C13H19N3O3/c1-13(2,7-10(15)17)16-12(18)8-5-4-6-9(14)11(8)19-3/h4-6H,7,14H2,1-3H3,(H2,15,17)(H,16,18). The van der Waals surface area contributed by atoms with Crippen LogP contribution in [0.3, 0.4) is 0 Å². The fourth-order valence-corrected chi connectivity index (χ4v) is 1.82. The Morgan fingerprint density at radius 2 is 2.00 bits per heavy atom. The van der Waals surface area contributed by atoms with Crippen LogP contribution in [0.5, 0.6) is 5.75 Å². The summed E-state index contributed by atoms with van der Waals surface area (Å²) in [6, 6.07) is 4.91. The number of rotatable bonds is 5. The van der Waals surface area contributed by atoms with Gasteiger partial charge in [0.1, 0.15) is 0 Å². The van der Waals surface area contributed by atoms with Crippen LogP contribution in [0, 0.1) is 0 Å². The van der Waals surface area contributed by atoms with E-state index in [2.05, 4.69) is 5.32 Å². The maximum absolute atomic E-state index is 12.2. The molecule has 104 valence electrons. The second kappa shape index (κ2) is 5.60. The Bertz CT molecular complexity index is 498. The zero-order valence-corrected chi connectivity index (χ0v) is 11.3. The van der Waals surface area contributed by atoms with Crippen LogP contribution in [-0.2, 0) is 4.79 Å². The van der Waals surface area contributed by atoms with Gasteiger partial charge in [0.25, 0.3) is 5.91 Å². The number of amides is 2. The minimum absolute atomic E-state index is 0.0450. The van der Waals surface area contributed by atoms with Crippen LogP contribution in [-0.4, -0.2) is 24.5 Å². The van der Waals surface area contributed by atoms with Crippen molar-refractivity contribution in [2.24, 2.45) is 5.73 Å².